The number of ether oxygens (including phenoxy) is 2. The second-order valence-corrected chi connectivity index (χ2v) is 7.09. The van der Waals surface area contributed by atoms with Gasteiger partial charge in [0.15, 0.2) is 11.5 Å². The highest BCUT2D eigenvalue weighted by atomic mass is 16.7. The van der Waals surface area contributed by atoms with Crippen molar-refractivity contribution in [1.82, 2.24) is 25.1 Å². The molecule has 1 aromatic carbocycles. The first kappa shape index (κ1) is 20.0. The molecule has 30 heavy (non-hydrogen) atoms. The number of nitrogens with zero attached hydrogens (tertiary/aromatic N) is 4. The highest BCUT2D eigenvalue weighted by molar-refractivity contribution is 5.95. The normalized spacial score (nSPS) is 16.9. The van der Waals surface area contributed by atoms with Gasteiger partial charge in [-0.05, 0) is 17.7 Å². The molecule has 2 N–H and O–H groups in total. The number of nitrogens with one attached hydrogen (secondary N) is 1. The lowest BCUT2D eigenvalue weighted by Crippen LogP contribution is -2.55. The zero-order valence-corrected chi connectivity index (χ0v) is 16.4. The maximum absolute atomic E-state index is 12.8. The SMILES string of the molecule is O=C(N[C@@H](CO)C(=O)N1CCN(Cc2ccc3c(c2)OCO3)CC1)c1cnccn1. The van der Waals surface area contributed by atoms with E-state index in [1.54, 1.807) is 4.90 Å². The Morgan fingerprint density at radius 1 is 1.13 bits per heavy atom. The Bertz CT molecular complexity index is 902. The Labute approximate surface area is 173 Å². The quantitative estimate of drug-likeness (QED) is 0.660. The van der Waals surface area contributed by atoms with E-state index in [0.29, 0.717) is 26.2 Å². The van der Waals surface area contributed by atoms with E-state index in [4.69, 9.17) is 9.47 Å². The van der Waals surface area contributed by atoms with Crippen LogP contribution in [0.25, 0.3) is 0 Å². The summed E-state index contributed by atoms with van der Waals surface area (Å²) in [5, 5.41) is 12.1. The van der Waals surface area contributed by atoms with Crippen molar-refractivity contribution in [3.8, 4) is 11.5 Å². The lowest BCUT2D eigenvalue weighted by Gasteiger charge is -2.36. The summed E-state index contributed by atoms with van der Waals surface area (Å²) >= 11 is 0. The third kappa shape index (κ3) is 4.50. The lowest BCUT2D eigenvalue weighted by molar-refractivity contribution is -0.136. The van der Waals surface area contributed by atoms with Crippen molar-refractivity contribution in [2.45, 2.75) is 12.6 Å². The standard InChI is InChI=1S/C20H23N5O5/c26-12-16(23-19(27)15-10-21-3-4-22-15)20(28)25-7-5-24(6-8-25)11-14-1-2-17-18(9-14)30-13-29-17/h1-4,9-10,16,26H,5-8,11-13H2,(H,23,27)/t16-/m0/s1. The van der Waals surface area contributed by atoms with Gasteiger partial charge in [0.25, 0.3) is 5.91 Å². The van der Waals surface area contributed by atoms with Crippen LogP contribution in [0.3, 0.4) is 0 Å². The molecular formula is C20H23N5O5. The van der Waals surface area contributed by atoms with Crippen LogP contribution < -0.4 is 14.8 Å². The molecule has 2 amide bonds. The Morgan fingerprint density at radius 3 is 2.67 bits per heavy atom. The summed E-state index contributed by atoms with van der Waals surface area (Å²) in [7, 11) is 0. The van der Waals surface area contributed by atoms with E-state index in [1.807, 2.05) is 18.2 Å². The maximum atomic E-state index is 12.8. The number of hydrogen-bond donors (Lipinski definition) is 2. The van der Waals surface area contributed by atoms with Gasteiger partial charge in [0, 0.05) is 45.1 Å². The number of benzene rings is 1. The number of carbonyl (C=O) groups is 2. The fourth-order valence-electron chi connectivity index (χ4n) is 3.48. The van der Waals surface area contributed by atoms with E-state index < -0.39 is 18.6 Å². The summed E-state index contributed by atoms with van der Waals surface area (Å²) in [6.45, 7) is 2.92. The van der Waals surface area contributed by atoms with Gasteiger partial charge in [-0.2, -0.15) is 0 Å². The number of carbonyl (C=O) groups excluding carboxylic acids is 2. The van der Waals surface area contributed by atoms with E-state index in [1.165, 1.54) is 18.6 Å². The van der Waals surface area contributed by atoms with Crippen LogP contribution in [0, 0.1) is 0 Å². The van der Waals surface area contributed by atoms with E-state index in [0.717, 1.165) is 23.6 Å². The van der Waals surface area contributed by atoms with Crippen molar-refractivity contribution in [2.24, 2.45) is 0 Å². The highest BCUT2D eigenvalue weighted by Gasteiger charge is 2.29. The molecule has 2 aliphatic heterocycles. The number of hydrogen-bond acceptors (Lipinski definition) is 8. The molecule has 4 rings (SSSR count). The number of aromatic nitrogens is 2. The summed E-state index contributed by atoms with van der Waals surface area (Å²) in [5.41, 5.74) is 1.21. The van der Waals surface area contributed by atoms with Crippen LogP contribution in [0.15, 0.2) is 36.8 Å². The monoisotopic (exact) mass is 413 g/mol. The minimum Gasteiger partial charge on any atom is -0.454 e. The number of aliphatic hydroxyl groups is 1. The number of piperazine rings is 1. The van der Waals surface area contributed by atoms with Gasteiger partial charge in [-0.1, -0.05) is 6.07 Å². The summed E-state index contributed by atoms with van der Waals surface area (Å²) < 4.78 is 10.8. The smallest absolute Gasteiger partial charge is 0.272 e. The third-order valence-electron chi connectivity index (χ3n) is 5.11. The Balaban J connectivity index is 1.29. The average Bonchev–Trinajstić information content (AvgIpc) is 3.26. The molecule has 0 radical (unpaired) electrons. The Morgan fingerprint density at radius 2 is 1.93 bits per heavy atom. The zero-order chi connectivity index (χ0) is 20.9. The number of amides is 2. The highest BCUT2D eigenvalue weighted by Crippen LogP contribution is 2.32. The van der Waals surface area contributed by atoms with Gasteiger partial charge < -0.3 is 24.8 Å². The topological polar surface area (TPSA) is 117 Å². The summed E-state index contributed by atoms with van der Waals surface area (Å²) in [5.74, 6) is 0.660. The molecule has 0 aliphatic carbocycles. The number of fused-ring (bicyclic) bond motifs is 1. The summed E-state index contributed by atoms with van der Waals surface area (Å²) in [6.07, 6.45) is 4.15. The van der Waals surface area contributed by atoms with Crippen molar-refractivity contribution in [3.63, 3.8) is 0 Å². The molecule has 1 saturated heterocycles. The first-order valence-electron chi connectivity index (χ1n) is 9.71. The van der Waals surface area contributed by atoms with Gasteiger partial charge in [-0.25, -0.2) is 4.98 Å². The van der Waals surface area contributed by atoms with Crippen molar-refractivity contribution in [1.29, 1.82) is 0 Å². The average molecular weight is 413 g/mol. The molecule has 158 valence electrons. The molecule has 1 atom stereocenters. The van der Waals surface area contributed by atoms with Gasteiger partial charge in [-0.3, -0.25) is 19.5 Å². The summed E-state index contributed by atoms with van der Waals surface area (Å²) in [4.78, 5) is 36.6. The minimum atomic E-state index is -1.01. The van der Waals surface area contributed by atoms with E-state index >= 15 is 0 Å². The van der Waals surface area contributed by atoms with Crippen molar-refractivity contribution >= 4 is 11.8 Å². The van der Waals surface area contributed by atoms with Crippen molar-refractivity contribution < 1.29 is 24.2 Å². The van der Waals surface area contributed by atoms with Crippen LogP contribution >= 0.6 is 0 Å². The lowest BCUT2D eigenvalue weighted by atomic mass is 10.1. The maximum Gasteiger partial charge on any atom is 0.272 e. The number of rotatable bonds is 6. The molecule has 0 spiro atoms. The molecule has 10 nitrogen and oxygen atoms in total. The fourth-order valence-corrected chi connectivity index (χ4v) is 3.48. The van der Waals surface area contributed by atoms with Crippen LogP contribution in [0.5, 0.6) is 11.5 Å². The van der Waals surface area contributed by atoms with Crippen LogP contribution in [-0.4, -0.2) is 82.3 Å². The molecule has 3 heterocycles. The summed E-state index contributed by atoms with van der Waals surface area (Å²) in [6, 6.07) is 4.88. The predicted octanol–water partition coefficient (Wildman–Crippen LogP) is -0.360. The van der Waals surface area contributed by atoms with Crippen molar-refractivity contribution in [3.05, 3.63) is 48.0 Å². The first-order chi connectivity index (χ1) is 14.6. The van der Waals surface area contributed by atoms with Crippen LogP contribution in [-0.2, 0) is 11.3 Å². The largest absolute Gasteiger partial charge is 0.454 e. The molecule has 0 unspecified atom stereocenters. The van der Waals surface area contributed by atoms with Gasteiger partial charge in [-0.15, -0.1) is 0 Å². The second kappa shape index (κ2) is 9.06. The van der Waals surface area contributed by atoms with Crippen molar-refractivity contribution in [2.75, 3.05) is 39.6 Å². The van der Waals surface area contributed by atoms with E-state index in [-0.39, 0.29) is 18.4 Å². The van der Waals surface area contributed by atoms with Crippen LogP contribution in [0.4, 0.5) is 0 Å². The van der Waals surface area contributed by atoms with Gasteiger partial charge in [0.05, 0.1) is 12.8 Å². The van der Waals surface area contributed by atoms with Gasteiger partial charge in [0.1, 0.15) is 11.7 Å². The Kier molecular flexibility index (Phi) is 6.05. The molecule has 0 saturated carbocycles. The minimum absolute atomic E-state index is 0.0947. The molecule has 1 fully saturated rings. The van der Waals surface area contributed by atoms with E-state index in [9.17, 15) is 14.7 Å². The first-order valence-corrected chi connectivity index (χ1v) is 9.71. The zero-order valence-electron chi connectivity index (χ0n) is 16.4. The molecular weight excluding hydrogens is 390 g/mol. The fraction of sp³-hybridized carbons (Fsp3) is 0.400. The number of aliphatic hydroxyl groups excluding tert-OH is 1. The van der Waals surface area contributed by atoms with Gasteiger partial charge in [0.2, 0.25) is 12.7 Å². The molecule has 1 aromatic heterocycles. The molecule has 2 aliphatic rings. The van der Waals surface area contributed by atoms with Gasteiger partial charge >= 0.3 is 0 Å². The Hall–Kier alpha value is -3.24. The van der Waals surface area contributed by atoms with E-state index in [2.05, 4.69) is 20.2 Å². The predicted molar refractivity (Wildman–Crippen MR) is 105 cm³/mol. The molecule has 0 bridgehead atoms. The third-order valence-corrected chi connectivity index (χ3v) is 5.11. The van der Waals surface area contributed by atoms with Crippen LogP contribution in [0.2, 0.25) is 0 Å². The second-order valence-electron chi connectivity index (χ2n) is 7.09. The molecule has 2 aromatic rings. The van der Waals surface area contributed by atoms with Crippen LogP contribution in [0.1, 0.15) is 16.1 Å². The molecule has 10 heteroatoms.